The van der Waals surface area contributed by atoms with Crippen LogP contribution in [0.5, 0.6) is 0 Å². The van der Waals surface area contributed by atoms with Crippen LogP contribution in [0.3, 0.4) is 0 Å². The first-order valence-corrected chi connectivity index (χ1v) is 8.81. The normalized spacial score (nSPS) is 17.5. The third-order valence-corrected chi connectivity index (χ3v) is 4.64. The highest BCUT2D eigenvalue weighted by Gasteiger charge is 2.12. The average molecular weight is 344 g/mol. The standard InChI is InChI=1S/C19H22ClN3O/c20-16-7-10-18(22-13-16)19(24)23-17-8-5-14(6-9-17)3-4-15-2-1-11-21-12-15/h5-10,13,15,21H,1-4,11-12H2,(H,23,24)/t15-/m0/s1. The number of halogens is 1. The van der Waals surface area contributed by atoms with E-state index in [2.05, 4.69) is 27.8 Å². The zero-order valence-corrected chi connectivity index (χ0v) is 14.4. The van der Waals surface area contributed by atoms with Gasteiger partial charge in [0.1, 0.15) is 5.69 Å². The van der Waals surface area contributed by atoms with Crippen molar-refractivity contribution in [2.24, 2.45) is 5.92 Å². The van der Waals surface area contributed by atoms with Gasteiger partial charge in [0.15, 0.2) is 0 Å². The van der Waals surface area contributed by atoms with E-state index in [1.54, 1.807) is 12.1 Å². The van der Waals surface area contributed by atoms with Gasteiger partial charge in [0.25, 0.3) is 5.91 Å². The predicted octanol–water partition coefficient (Wildman–Crippen LogP) is 3.92. The lowest BCUT2D eigenvalue weighted by atomic mass is 9.93. The number of carbonyl (C=O) groups excluding carboxylic acids is 1. The summed E-state index contributed by atoms with van der Waals surface area (Å²) in [5.74, 6) is 0.557. The second kappa shape index (κ2) is 8.27. The number of benzene rings is 1. The van der Waals surface area contributed by atoms with Gasteiger partial charge in [0.05, 0.1) is 5.02 Å². The summed E-state index contributed by atoms with van der Waals surface area (Å²) in [5, 5.41) is 6.83. The second-order valence-electron chi connectivity index (χ2n) is 6.26. The molecule has 0 saturated carbocycles. The van der Waals surface area contributed by atoms with Crippen LogP contribution < -0.4 is 10.6 Å². The van der Waals surface area contributed by atoms with Crippen LogP contribution >= 0.6 is 11.6 Å². The van der Waals surface area contributed by atoms with E-state index in [9.17, 15) is 4.79 Å². The lowest BCUT2D eigenvalue weighted by Gasteiger charge is -2.22. The van der Waals surface area contributed by atoms with Gasteiger partial charge in [-0.3, -0.25) is 4.79 Å². The number of piperidine rings is 1. The summed E-state index contributed by atoms with van der Waals surface area (Å²) in [6.45, 7) is 2.30. The van der Waals surface area contributed by atoms with Crippen molar-refractivity contribution in [3.63, 3.8) is 0 Å². The lowest BCUT2D eigenvalue weighted by Crippen LogP contribution is -2.29. The summed E-state index contributed by atoms with van der Waals surface area (Å²) in [5.41, 5.74) is 2.44. The van der Waals surface area contributed by atoms with E-state index < -0.39 is 0 Å². The van der Waals surface area contributed by atoms with E-state index in [4.69, 9.17) is 11.6 Å². The minimum atomic E-state index is -0.229. The highest BCUT2D eigenvalue weighted by molar-refractivity contribution is 6.30. The fourth-order valence-corrected chi connectivity index (χ4v) is 3.11. The highest BCUT2D eigenvalue weighted by Crippen LogP contribution is 2.18. The second-order valence-corrected chi connectivity index (χ2v) is 6.70. The third kappa shape index (κ3) is 4.79. The molecule has 2 aromatic rings. The van der Waals surface area contributed by atoms with E-state index in [-0.39, 0.29) is 5.91 Å². The zero-order chi connectivity index (χ0) is 16.8. The van der Waals surface area contributed by atoms with Crippen molar-refractivity contribution in [1.29, 1.82) is 0 Å². The number of carbonyl (C=O) groups is 1. The first-order valence-electron chi connectivity index (χ1n) is 8.43. The number of nitrogens with one attached hydrogen (secondary N) is 2. The molecule has 0 radical (unpaired) electrons. The Labute approximate surface area is 147 Å². The smallest absolute Gasteiger partial charge is 0.274 e. The SMILES string of the molecule is O=C(Nc1ccc(CC[C@@H]2CCCNC2)cc1)c1ccc(Cl)cn1. The molecule has 2 heterocycles. The van der Waals surface area contributed by atoms with Crippen molar-refractivity contribution in [2.45, 2.75) is 25.7 Å². The molecule has 1 aromatic carbocycles. The summed E-state index contributed by atoms with van der Waals surface area (Å²) in [6, 6.07) is 11.3. The summed E-state index contributed by atoms with van der Waals surface area (Å²) in [6.07, 6.45) is 6.38. The molecule has 1 atom stereocenters. The fraction of sp³-hybridized carbons (Fsp3) is 0.368. The van der Waals surface area contributed by atoms with Crippen LogP contribution in [0.4, 0.5) is 5.69 Å². The van der Waals surface area contributed by atoms with Gasteiger partial charge in [0.2, 0.25) is 0 Å². The lowest BCUT2D eigenvalue weighted by molar-refractivity contribution is 0.102. The van der Waals surface area contributed by atoms with E-state index >= 15 is 0 Å². The van der Waals surface area contributed by atoms with Crippen LogP contribution in [0.1, 0.15) is 35.3 Å². The fourth-order valence-electron chi connectivity index (χ4n) is 3.00. The minimum Gasteiger partial charge on any atom is -0.321 e. The maximum absolute atomic E-state index is 12.1. The molecule has 0 unspecified atom stereocenters. The minimum absolute atomic E-state index is 0.229. The number of pyridine rings is 1. The first kappa shape index (κ1) is 16.9. The summed E-state index contributed by atoms with van der Waals surface area (Å²) < 4.78 is 0. The largest absolute Gasteiger partial charge is 0.321 e. The monoisotopic (exact) mass is 343 g/mol. The molecule has 4 nitrogen and oxygen atoms in total. The van der Waals surface area contributed by atoms with E-state index in [0.717, 1.165) is 31.1 Å². The van der Waals surface area contributed by atoms with Gasteiger partial charge in [-0.1, -0.05) is 23.7 Å². The molecule has 0 aliphatic carbocycles. The number of hydrogen-bond acceptors (Lipinski definition) is 3. The van der Waals surface area contributed by atoms with Crippen molar-refractivity contribution < 1.29 is 4.79 Å². The van der Waals surface area contributed by atoms with Crippen molar-refractivity contribution in [3.8, 4) is 0 Å². The Bertz CT molecular complexity index is 664. The molecule has 24 heavy (non-hydrogen) atoms. The highest BCUT2D eigenvalue weighted by atomic mass is 35.5. The van der Waals surface area contributed by atoms with Gasteiger partial charge in [-0.05, 0) is 74.5 Å². The molecule has 1 amide bonds. The third-order valence-electron chi connectivity index (χ3n) is 4.41. The van der Waals surface area contributed by atoms with Gasteiger partial charge in [-0.15, -0.1) is 0 Å². The van der Waals surface area contributed by atoms with Gasteiger partial charge in [-0.2, -0.15) is 0 Å². The predicted molar refractivity (Wildman–Crippen MR) is 97.6 cm³/mol. The van der Waals surface area contributed by atoms with Crippen molar-refractivity contribution in [1.82, 2.24) is 10.3 Å². The van der Waals surface area contributed by atoms with Crippen LogP contribution in [-0.4, -0.2) is 24.0 Å². The molecule has 0 spiro atoms. The number of amides is 1. The van der Waals surface area contributed by atoms with E-state index in [1.807, 2.05) is 12.1 Å². The molecule has 1 aliphatic heterocycles. The number of rotatable bonds is 5. The summed E-state index contributed by atoms with van der Waals surface area (Å²) >= 11 is 5.78. The number of aryl methyl sites for hydroxylation is 1. The van der Waals surface area contributed by atoms with E-state index in [0.29, 0.717) is 10.7 Å². The quantitative estimate of drug-likeness (QED) is 0.865. The molecule has 1 aliphatic rings. The molecule has 1 aromatic heterocycles. The number of aromatic nitrogens is 1. The zero-order valence-electron chi connectivity index (χ0n) is 13.6. The van der Waals surface area contributed by atoms with Crippen molar-refractivity contribution >= 4 is 23.2 Å². The van der Waals surface area contributed by atoms with Crippen LogP contribution in [0.25, 0.3) is 0 Å². The topological polar surface area (TPSA) is 54.0 Å². The molecule has 1 fully saturated rings. The molecule has 1 saturated heterocycles. The molecule has 126 valence electrons. The summed E-state index contributed by atoms with van der Waals surface area (Å²) in [7, 11) is 0. The van der Waals surface area contributed by atoms with Gasteiger partial charge in [0, 0.05) is 11.9 Å². The average Bonchev–Trinajstić information content (AvgIpc) is 2.62. The molecule has 2 N–H and O–H groups in total. The van der Waals surface area contributed by atoms with Crippen LogP contribution in [0.15, 0.2) is 42.6 Å². The van der Waals surface area contributed by atoms with Crippen LogP contribution in [0.2, 0.25) is 5.02 Å². The van der Waals surface area contributed by atoms with Crippen LogP contribution in [-0.2, 0) is 6.42 Å². The molecular weight excluding hydrogens is 322 g/mol. The molecule has 0 bridgehead atoms. The van der Waals surface area contributed by atoms with E-state index in [1.165, 1.54) is 31.0 Å². The Morgan fingerprint density at radius 3 is 2.75 bits per heavy atom. The van der Waals surface area contributed by atoms with Crippen molar-refractivity contribution in [3.05, 3.63) is 58.9 Å². The Hall–Kier alpha value is -1.91. The molecule has 3 rings (SSSR count). The van der Waals surface area contributed by atoms with Gasteiger partial charge in [-0.25, -0.2) is 4.98 Å². The maximum atomic E-state index is 12.1. The van der Waals surface area contributed by atoms with Crippen LogP contribution in [0, 0.1) is 5.92 Å². The van der Waals surface area contributed by atoms with Crippen molar-refractivity contribution in [2.75, 3.05) is 18.4 Å². The number of nitrogens with zero attached hydrogens (tertiary/aromatic N) is 1. The Morgan fingerprint density at radius 2 is 2.08 bits per heavy atom. The Morgan fingerprint density at radius 1 is 1.25 bits per heavy atom. The van der Waals surface area contributed by atoms with Gasteiger partial charge >= 0.3 is 0 Å². The molecular formula is C19H22ClN3O. The maximum Gasteiger partial charge on any atom is 0.274 e. The Kier molecular flexibility index (Phi) is 5.83. The number of hydrogen-bond donors (Lipinski definition) is 2. The summed E-state index contributed by atoms with van der Waals surface area (Å²) in [4.78, 5) is 16.1. The Balaban J connectivity index is 1.52. The molecule has 5 heteroatoms. The first-order chi connectivity index (χ1) is 11.7. The van der Waals surface area contributed by atoms with Gasteiger partial charge < -0.3 is 10.6 Å². The number of anilines is 1.